The van der Waals surface area contributed by atoms with Crippen molar-refractivity contribution in [1.29, 1.82) is 0 Å². The van der Waals surface area contributed by atoms with E-state index in [-0.39, 0.29) is 18.1 Å². The van der Waals surface area contributed by atoms with Crippen molar-refractivity contribution in [3.63, 3.8) is 0 Å². The molecule has 2 aromatic rings. The van der Waals surface area contributed by atoms with Gasteiger partial charge in [-0.05, 0) is 36.8 Å². The monoisotopic (exact) mass is 406 g/mol. The summed E-state index contributed by atoms with van der Waals surface area (Å²) in [5.41, 5.74) is 1.34. The van der Waals surface area contributed by atoms with Crippen LogP contribution in [0.5, 0.6) is 5.75 Å². The number of nitrogens with zero attached hydrogens (tertiary/aromatic N) is 2. The quantitative estimate of drug-likeness (QED) is 0.706. The molecule has 0 bridgehead atoms. The molecule has 0 saturated heterocycles. The van der Waals surface area contributed by atoms with Crippen LogP contribution in [0, 0.1) is 5.82 Å². The zero-order chi connectivity index (χ0) is 19.2. The lowest BCUT2D eigenvalue weighted by atomic mass is 10.1. The van der Waals surface area contributed by atoms with Crippen molar-refractivity contribution < 1.29 is 13.9 Å². The van der Waals surface area contributed by atoms with Crippen molar-refractivity contribution in [2.75, 3.05) is 19.7 Å². The van der Waals surface area contributed by atoms with Crippen LogP contribution in [0.1, 0.15) is 18.1 Å². The fraction of sp³-hybridized carbons (Fsp3) is 0.300. The third kappa shape index (κ3) is 5.02. The van der Waals surface area contributed by atoms with E-state index in [4.69, 9.17) is 16.3 Å². The highest BCUT2D eigenvalue weighted by atomic mass is 35.5. The van der Waals surface area contributed by atoms with E-state index in [0.717, 1.165) is 11.3 Å². The highest BCUT2D eigenvalue weighted by molar-refractivity contribution is 8.13. The van der Waals surface area contributed by atoms with Gasteiger partial charge in [0.05, 0.1) is 19.6 Å². The number of amides is 1. The number of halogens is 2. The third-order valence-corrected chi connectivity index (χ3v) is 5.49. The van der Waals surface area contributed by atoms with Gasteiger partial charge in [0.15, 0.2) is 5.17 Å². The molecule has 1 amide bonds. The minimum atomic E-state index is -0.346. The molecule has 1 aliphatic rings. The lowest BCUT2D eigenvalue weighted by Crippen LogP contribution is -2.34. The molecule has 1 heterocycles. The molecule has 142 valence electrons. The first-order valence-electron chi connectivity index (χ1n) is 8.70. The lowest BCUT2D eigenvalue weighted by Gasteiger charge is -2.18. The summed E-state index contributed by atoms with van der Waals surface area (Å²) in [6.45, 7) is 3.64. The Balaban J connectivity index is 1.60. The van der Waals surface area contributed by atoms with Crippen molar-refractivity contribution in [3.8, 4) is 5.75 Å². The van der Waals surface area contributed by atoms with Gasteiger partial charge >= 0.3 is 0 Å². The molecule has 0 aliphatic carbocycles. The lowest BCUT2D eigenvalue weighted by molar-refractivity contribution is -0.126. The molecule has 7 heteroatoms. The van der Waals surface area contributed by atoms with E-state index >= 15 is 0 Å². The number of hydrogen-bond donors (Lipinski definition) is 0. The van der Waals surface area contributed by atoms with Crippen LogP contribution in [0.4, 0.5) is 4.39 Å². The van der Waals surface area contributed by atoms with Crippen molar-refractivity contribution in [1.82, 2.24) is 4.90 Å². The fourth-order valence-corrected chi connectivity index (χ4v) is 4.14. The Morgan fingerprint density at radius 1 is 1.30 bits per heavy atom. The molecule has 1 aliphatic heterocycles. The molecule has 0 spiro atoms. The number of carbonyl (C=O) groups excluding carboxylic acids is 1. The third-order valence-electron chi connectivity index (χ3n) is 4.10. The highest BCUT2D eigenvalue weighted by Crippen LogP contribution is 2.27. The molecule has 4 nitrogen and oxygen atoms in total. The minimum Gasteiger partial charge on any atom is -0.494 e. The van der Waals surface area contributed by atoms with Crippen LogP contribution < -0.4 is 4.74 Å². The molecule has 2 aromatic carbocycles. The minimum absolute atomic E-state index is 0.0254. The number of thioether (sulfide) groups is 1. The van der Waals surface area contributed by atoms with E-state index < -0.39 is 0 Å². The average molecular weight is 407 g/mol. The van der Waals surface area contributed by atoms with Crippen LogP contribution >= 0.6 is 23.4 Å². The number of hydrogen-bond acceptors (Lipinski definition) is 4. The predicted molar refractivity (Wildman–Crippen MR) is 108 cm³/mol. The van der Waals surface area contributed by atoms with Gasteiger partial charge in [0.25, 0.3) is 0 Å². The van der Waals surface area contributed by atoms with Crippen molar-refractivity contribution in [2.24, 2.45) is 4.99 Å². The van der Waals surface area contributed by atoms with Crippen LogP contribution in [0.2, 0.25) is 5.02 Å². The largest absolute Gasteiger partial charge is 0.494 e. The molecule has 0 radical (unpaired) electrons. The summed E-state index contributed by atoms with van der Waals surface area (Å²) in [7, 11) is 0. The molecule has 0 N–H and O–H groups in total. The maximum Gasteiger partial charge on any atom is 0.233 e. The van der Waals surface area contributed by atoms with Gasteiger partial charge in [-0.2, -0.15) is 0 Å². The summed E-state index contributed by atoms with van der Waals surface area (Å²) < 4.78 is 19.3. The molecule has 0 unspecified atom stereocenters. The van der Waals surface area contributed by atoms with Crippen LogP contribution in [0.15, 0.2) is 47.5 Å². The zero-order valence-electron chi connectivity index (χ0n) is 15.0. The van der Waals surface area contributed by atoms with Crippen LogP contribution in [0.25, 0.3) is 0 Å². The summed E-state index contributed by atoms with van der Waals surface area (Å²) in [5, 5.41) is 0.999. The number of ether oxygens (including phenoxy) is 1. The Hall–Kier alpha value is -2.05. The predicted octanol–water partition coefficient (Wildman–Crippen LogP) is 4.55. The van der Waals surface area contributed by atoms with E-state index in [1.807, 2.05) is 31.2 Å². The van der Waals surface area contributed by atoms with E-state index in [1.54, 1.807) is 17.0 Å². The number of amidine groups is 1. The molecule has 0 fully saturated rings. The maximum absolute atomic E-state index is 13.9. The van der Waals surface area contributed by atoms with Gasteiger partial charge in [0.2, 0.25) is 5.91 Å². The van der Waals surface area contributed by atoms with Crippen LogP contribution in [0.3, 0.4) is 0 Å². The normalized spacial score (nSPS) is 13.6. The van der Waals surface area contributed by atoms with E-state index in [0.29, 0.717) is 41.2 Å². The summed E-state index contributed by atoms with van der Waals surface area (Å²) in [6, 6.07) is 12.1. The summed E-state index contributed by atoms with van der Waals surface area (Å²) in [6.07, 6.45) is 0.284. The van der Waals surface area contributed by atoms with Gasteiger partial charge < -0.3 is 4.74 Å². The van der Waals surface area contributed by atoms with E-state index in [2.05, 4.69) is 4.99 Å². The van der Waals surface area contributed by atoms with Gasteiger partial charge in [0.1, 0.15) is 11.6 Å². The Morgan fingerprint density at radius 2 is 2.07 bits per heavy atom. The molecule has 0 aromatic heterocycles. The summed E-state index contributed by atoms with van der Waals surface area (Å²) in [5.74, 6) is 0.745. The SMILES string of the molecule is CCOc1ccc(CC(=O)N2CCN=C2SCc2c(F)cccc2Cl)cc1. The number of carbonyl (C=O) groups is 1. The Morgan fingerprint density at radius 3 is 2.78 bits per heavy atom. The Kier molecular flexibility index (Phi) is 6.74. The van der Waals surface area contributed by atoms with Gasteiger partial charge in [-0.15, -0.1) is 0 Å². The van der Waals surface area contributed by atoms with E-state index in [9.17, 15) is 9.18 Å². The maximum atomic E-state index is 13.9. The topological polar surface area (TPSA) is 41.9 Å². The van der Waals surface area contributed by atoms with Gasteiger partial charge in [-0.1, -0.05) is 41.6 Å². The van der Waals surface area contributed by atoms with Crippen LogP contribution in [-0.2, 0) is 17.0 Å². The number of rotatable bonds is 6. The average Bonchev–Trinajstić information content (AvgIpc) is 3.12. The first kappa shape index (κ1) is 19.7. The second-order valence-electron chi connectivity index (χ2n) is 5.95. The number of aliphatic imine (C=N–C) groups is 1. The van der Waals surface area contributed by atoms with Crippen molar-refractivity contribution in [3.05, 3.63) is 64.4 Å². The van der Waals surface area contributed by atoms with Gasteiger partial charge in [-0.3, -0.25) is 14.7 Å². The van der Waals surface area contributed by atoms with E-state index in [1.165, 1.54) is 17.8 Å². The molecule has 27 heavy (non-hydrogen) atoms. The van der Waals surface area contributed by atoms with Gasteiger partial charge in [0, 0.05) is 22.9 Å². The zero-order valence-corrected chi connectivity index (χ0v) is 16.5. The molecular weight excluding hydrogens is 387 g/mol. The second kappa shape index (κ2) is 9.24. The molecule has 0 atom stereocenters. The van der Waals surface area contributed by atoms with Crippen molar-refractivity contribution in [2.45, 2.75) is 19.1 Å². The standard InChI is InChI=1S/C20H20ClFN2O2S/c1-2-26-15-8-6-14(7-9-15)12-19(25)24-11-10-23-20(24)27-13-16-17(21)4-3-5-18(16)22/h3-9H,2,10-13H2,1H3. The molecule has 3 rings (SSSR count). The highest BCUT2D eigenvalue weighted by Gasteiger charge is 2.24. The number of benzene rings is 2. The second-order valence-corrected chi connectivity index (χ2v) is 7.30. The molecule has 0 saturated carbocycles. The first-order chi connectivity index (χ1) is 13.1. The smallest absolute Gasteiger partial charge is 0.233 e. The summed E-state index contributed by atoms with van der Waals surface area (Å²) in [4.78, 5) is 18.7. The Labute approximate surface area is 167 Å². The van der Waals surface area contributed by atoms with Gasteiger partial charge in [-0.25, -0.2) is 4.39 Å². The first-order valence-corrected chi connectivity index (χ1v) is 10.1. The van der Waals surface area contributed by atoms with Crippen LogP contribution in [-0.4, -0.2) is 35.7 Å². The summed E-state index contributed by atoms with van der Waals surface area (Å²) >= 11 is 7.40. The molecular formula is C20H20ClFN2O2S. The fourth-order valence-electron chi connectivity index (χ4n) is 2.73. The van der Waals surface area contributed by atoms with Crippen molar-refractivity contribution >= 4 is 34.4 Å². The Bertz CT molecular complexity index is 822.